The zero-order valence-electron chi connectivity index (χ0n) is 14.5. The predicted octanol–water partition coefficient (Wildman–Crippen LogP) is 1.35. The molecule has 26 heavy (non-hydrogen) atoms. The molecular weight excluding hydrogens is 330 g/mol. The van der Waals surface area contributed by atoms with Crippen LogP contribution in [-0.4, -0.2) is 33.3 Å². The van der Waals surface area contributed by atoms with E-state index in [4.69, 9.17) is 0 Å². The van der Waals surface area contributed by atoms with Crippen molar-refractivity contribution in [2.24, 2.45) is 0 Å². The van der Waals surface area contributed by atoms with Crippen LogP contribution in [0.3, 0.4) is 0 Å². The van der Waals surface area contributed by atoms with E-state index in [9.17, 15) is 9.59 Å². The summed E-state index contributed by atoms with van der Waals surface area (Å²) < 4.78 is 3.05. The Labute approximate surface area is 148 Å². The van der Waals surface area contributed by atoms with Crippen molar-refractivity contribution in [3.63, 3.8) is 0 Å². The van der Waals surface area contributed by atoms with E-state index in [1.165, 1.54) is 4.68 Å². The number of fused-ring (bicyclic) bond motifs is 2. The molecule has 0 unspecified atom stereocenters. The molecule has 7 heteroatoms. The van der Waals surface area contributed by atoms with Gasteiger partial charge in [0.15, 0.2) is 0 Å². The molecule has 0 aromatic carbocycles. The summed E-state index contributed by atoms with van der Waals surface area (Å²) in [6, 6.07) is 10.8. The lowest BCUT2D eigenvalue weighted by molar-refractivity contribution is 0.706. The van der Waals surface area contributed by atoms with Crippen LogP contribution in [0, 0.1) is 0 Å². The molecule has 0 amide bonds. The Morgan fingerprint density at radius 2 is 1.69 bits per heavy atom. The molecule has 0 spiro atoms. The fraction of sp³-hybridized carbons (Fsp3) is 0.158. The molecule has 0 aliphatic carbocycles. The van der Waals surface area contributed by atoms with Gasteiger partial charge in [-0.2, -0.15) is 0 Å². The molecular formula is C19H17N5O2. The lowest BCUT2D eigenvalue weighted by Gasteiger charge is -2.16. The van der Waals surface area contributed by atoms with Crippen LogP contribution in [0.25, 0.3) is 21.8 Å². The third-order valence-electron chi connectivity index (χ3n) is 4.29. The van der Waals surface area contributed by atoms with Gasteiger partial charge in [0.2, 0.25) is 0 Å². The van der Waals surface area contributed by atoms with Crippen LogP contribution in [0.4, 0.5) is 0 Å². The topological polar surface area (TPSA) is 73.0 Å². The molecule has 0 saturated heterocycles. The Bertz CT molecular complexity index is 1230. The first-order valence-electron chi connectivity index (χ1n) is 8.18. The summed E-state index contributed by atoms with van der Waals surface area (Å²) in [6.45, 7) is 0.365. The largest absolute Gasteiger partial charge is 0.316 e. The number of pyridine rings is 4. The van der Waals surface area contributed by atoms with Gasteiger partial charge in [-0.3, -0.25) is 14.6 Å². The van der Waals surface area contributed by atoms with Crippen molar-refractivity contribution in [2.45, 2.75) is 6.54 Å². The highest BCUT2D eigenvalue weighted by Crippen LogP contribution is 2.14. The van der Waals surface area contributed by atoms with E-state index in [1.807, 2.05) is 18.2 Å². The van der Waals surface area contributed by atoms with Gasteiger partial charge in [-0.25, -0.2) is 9.66 Å². The molecule has 7 nitrogen and oxygen atoms in total. The first kappa shape index (κ1) is 16.0. The van der Waals surface area contributed by atoms with E-state index in [1.54, 1.807) is 60.5 Å². The smallest absolute Gasteiger partial charge is 0.278 e. The Balaban J connectivity index is 1.93. The minimum absolute atomic E-state index is 0.192. The third kappa shape index (κ3) is 2.63. The van der Waals surface area contributed by atoms with Gasteiger partial charge in [-0.15, -0.1) is 0 Å². The average Bonchev–Trinajstić information content (AvgIpc) is 2.64. The average molecular weight is 347 g/mol. The van der Waals surface area contributed by atoms with Crippen molar-refractivity contribution in [3.05, 3.63) is 81.4 Å². The molecule has 0 aliphatic heterocycles. The minimum atomic E-state index is -0.207. The van der Waals surface area contributed by atoms with E-state index in [2.05, 4.69) is 9.97 Å². The summed E-state index contributed by atoms with van der Waals surface area (Å²) in [5, 5.41) is 2.52. The van der Waals surface area contributed by atoms with Gasteiger partial charge in [0.05, 0.1) is 34.0 Å². The molecule has 0 radical (unpaired) electrons. The van der Waals surface area contributed by atoms with E-state index < -0.39 is 0 Å². The molecule has 0 atom stereocenters. The summed E-state index contributed by atoms with van der Waals surface area (Å²) in [5.74, 6) is 0. The summed E-state index contributed by atoms with van der Waals surface area (Å²) in [4.78, 5) is 34.3. The SMILES string of the molecule is CN(C)n1ccc2nc3ccn(Cc4ccccn4)c(=O)c3cc2c1=O. The summed E-state index contributed by atoms with van der Waals surface area (Å²) in [7, 11) is 3.56. The number of hydrogen-bond donors (Lipinski definition) is 0. The first-order chi connectivity index (χ1) is 12.5. The Morgan fingerprint density at radius 3 is 2.38 bits per heavy atom. The van der Waals surface area contributed by atoms with Crippen LogP contribution in [-0.2, 0) is 6.54 Å². The molecule has 4 aromatic heterocycles. The normalized spacial score (nSPS) is 11.2. The Morgan fingerprint density at radius 1 is 0.962 bits per heavy atom. The van der Waals surface area contributed by atoms with Crippen LogP contribution in [0.1, 0.15) is 5.69 Å². The van der Waals surface area contributed by atoms with Gasteiger partial charge in [0.25, 0.3) is 11.1 Å². The molecule has 130 valence electrons. The second kappa shape index (κ2) is 6.11. The lowest BCUT2D eigenvalue weighted by Crippen LogP contribution is -2.35. The summed E-state index contributed by atoms with van der Waals surface area (Å²) in [5.41, 5.74) is 1.53. The monoisotopic (exact) mass is 347 g/mol. The van der Waals surface area contributed by atoms with Crippen molar-refractivity contribution in [1.29, 1.82) is 0 Å². The highest BCUT2D eigenvalue weighted by Gasteiger charge is 2.11. The fourth-order valence-corrected chi connectivity index (χ4v) is 2.96. The zero-order chi connectivity index (χ0) is 18.3. The van der Waals surface area contributed by atoms with Crippen molar-refractivity contribution >= 4 is 21.8 Å². The second-order valence-corrected chi connectivity index (χ2v) is 6.24. The van der Waals surface area contributed by atoms with E-state index in [0.717, 1.165) is 5.69 Å². The fourth-order valence-electron chi connectivity index (χ4n) is 2.96. The third-order valence-corrected chi connectivity index (χ3v) is 4.29. The predicted molar refractivity (Wildman–Crippen MR) is 101 cm³/mol. The highest BCUT2D eigenvalue weighted by molar-refractivity contribution is 5.91. The van der Waals surface area contributed by atoms with Crippen molar-refractivity contribution < 1.29 is 0 Å². The van der Waals surface area contributed by atoms with Gasteiger partial charge >= 0.3 is 0 Å². The standard InChI is InChI=1S/C19H17N5O2/c1-22(2)24-10-7-17-15(19(24)26)11-14-16(21-17)6-9-23(18(14)25)12-13-5-3-4-8-20-13/h3-11H,12H2,1-2H3. The van der Waals surface area contributed by atoms with Crippen LogP contribution < -0.4 is 16.1 Å². The van der Waals surface area contributed by atoms with Gasteiger partial charge in [-0.1, -0.05) is 6.07 Å². The van der Waals surface area contributed by atoms with Crippen molar-refractivity contribution in [1.82, 2.24) is 19.2 Å². The maximum absolute atomic E-state index is 12.9. The van der Waals surface area contributed by atoms with Crippen molar-refractivity contribution in [3.8, 4) is 0 Å². The highest BCUT2D eigenvalue weighted by atomic mass is 16.1. The molecule has 0 N–H and O–H groups in total. The molecule has 0 bridgehead atoms. The maximum atomic E-state index is 12.9. The van der Waals surface area contributed by atoms with Crippen LogP contribution in [0.15, 0.2) is 64.6 Å². The number of rotatable bonds is 3. The van der Waals surface area contributed by atoms with E-state index in [0.29, 0.717) is 28.4 Å². The zero-order valence-corrected chi connectivity index (χ0v) is 14.5. The Hall–Kier alpha value is -3.48. The molecule has 4 heterocycles. The molecule has 0 aliphatic rings. The molecule has 0 fully saturated rings. The molecule has 0 saturated carbocycles. The molecule has 4 aromatic rings. The number of aromatic nitrogens is 4. The van der Waals surface area contributed by atoms with Gasteiger partial charge in [0, 0.05) is 32.7 Å². The van der Waals surface area contributed by atoms with Crippen LogP contribution in [0.2, 0.25) is 0 Å². The maximum Gasteiger partial charge on any atom is 0.278 e. The quantitative estimate of drug-likeness (QED) is 0.523. The lowest BCUT2D eigenvalue weighted by atomic mass is 10.2. The number of hydrogen-bond acceptors (Lipinski definition) is 5. The minimum Gasteiger partial charge on any atom is -0.316 e. The van der Waals surface area contributed by atoms with Gasteiger partial charge in [-0.05, 0) is 30.3 Å². The van der Waals surface area contributed by atoms with Crippen LogP contribution >= 0.6 is 0 Å². The van der Waals surface area contributed by atoms with E-state index in [-0.39, 0.29) is 11.1 Å². The summed E-state index contributed by atoms with van der Waals surface area (Å²) >= 11 is 0. The van der Waals surface area contributed by atoms with Gasteiger partial charge < -0.3 is 9.58 Å². The molecule has 4 rings (SSSR count). The number of nitrogens with zero attached hydrogens (tertiary/aromatic N) is 5. The summed E-state index contributed by atoms with van der Waals surface area (Å²) in [6.07, 6.45) is 5.07. The van der Waals surface area contributed by atoms with Crippen LogP contribution in [0.5, 0.6) is 0 Å². The Kier molecular flexibility index (Phi) is 3.76. The van der Waals surface area contributed by atoms with Crippen molar-refractivity contribution in [2.75, 3.05) is 19.1 Å². The second-order valence-electron chi connectivity index (χ2n) is 6.24. The first-order valence-corrected chi connectivity index (χ1v) is 8.18. The van der Waals surface area contributed by atoms with Gasteiger partial charge in [0.1, 0.15) is 0 Å². The van der Waals surface area contributed by atoms with E-state index >= 15 is 0 Å².